The number of benzene rings is 2. The molecular formula is C15H12F3NO3. The van der Waals surface area contributed by atoms with E-state index in [1.165, 1.54) is 12.1 Å². The molecule has 0 aliphatic rings. The highest BCUT2D eigenvalue weighted by atomic mass is 19.4. The van der Waals surface area contributed by atoms with E-state index in [1.54, 1.807) is 12.1 Å². The molecule has 0 amide bonds. The zero-order chi connectivity index (χ0) is 16.3. The van der Waals surface area contributed by atoms with Crippen LogP contribution in [0.5, 0.6) is 11.5 Å². The molecule has 2 rings (SSSR count). The predicted molar refractivity (Wildman–Crippen MR) is 73.7 cm³/mol. The molecule has 0 atom stereocenters. The van der Waals surface area contributed by atoms with Gasteiger partial charge in [-0.1, -0.05) is 12.1 Å². The Kier molecular flexibility index (Phi) is 4.25. The second-order valence-electron chi connectivity index (χ2n) is 4.57. The summed E-state index contributed by atoms with van der Waals surface area (Å²) in [6.45, 7) is 0. The number of carboxylic acids is 1. The molecule has 0 fully saturated rings. The molecule has 7 heteroatoms. The summed E-state index contributed by atoms with van der Waals surface area (Å²) in [7, 11) is 0. The lowest BCUT2D eigenvalue weighted by Gasteiger charge is -2.12. The number of carboxylic acid groups (broad SMARTS) is 1. The van der Waals surface area contributed by atoms with Crippen LogP contribution in [0.2, 0.25) is 0 Å². The second-order valence-corrected chi connectivity index (χ2v) is 4.57. The Morgan fingerprint density at radius 2 is 1.77 bits per heavy atom. The summed E-state index contributed by atoms with van der Waals surface area (Å²) < 4.78 is 43.0. The number of nitrogen functional groups attached to an aromatic ring is 1. The largest absolute Gasteiger partial charge is 0.481 e. The van der Waals surface area contributed by atoms with Gasteiger partial charge in [0.2, 0.25) is 0 Å². The molecule has 0 saturated heterocycles. The maximum atomic E-state index is 12.5. The number of carbonyl (C=O) groups is 1. The number of anilines is 1. The van der Waals surface area contributed by atoms with Crippen molar-refractivity contribution in [2.24, 2.45) is 0 Å². The van der Waals surface area contributed by atoms with Crippen LogP contribution in [0.15, 0.2) is 42.5 Å². The fourth-order valence-corrected chi connectivity index (χ4v) is 1.79. The standard InChI is InChI=1S/C15H12F3NO3/c16-15(17,18)10-3-6-13(12(19)8-10)22-11-4-1-9(2-5-11)7-14(20)21/h1-6,8H,7,19H2,(H,20,21). The van der Waals surface area contributed by atoms with Gasteiger partial charge < -0.3 is 15.6 Å². The lowest BCUT2D eigenvalue weighted by Crippen LogP contribution is -2.06. The van der Waals surface area contributed by atoms with Crippen molar-refractivity contribution in [3.8, 4) is 11.5 Å². The normalized spacial score (nSPS) is 11.2. The zero-order valence-electron chi connectivity index (χ0n) is 11.2. The molecule has 2 aromatic carbocycles. The first-order chi connectivity index (χ1) is 10.3. The Labute approximate surface area is 123 Å². The first kappa shape index (κ1) is 15.7. The summed E-state index contributed by atoms with van der Waals surface area (Å²) in [6.07, 6.45) is -4.59. The van der Waals surface area contributed by atoms with Crippen molar-refractivity contribution >= 4 is 11.7 Å². The van der Waals surface area contributed by atoms with Gasteiger partial charge in [0.25, 0.3) is 0 Å². The van der Waals surface area contributed by atoms with Crippen molar-refractivity contribution in [3.05, 3.63) is 53.6 Å². The molecule has 0 aliphatic carbocycles. The molecule has 0 saturated carbocycles. The second kappa shape index (κ2) is 5.97. The lowest BCUT2D eigenvalue weighted by molar-refractivity contribution is -0.138. The van der Waals surface area contributed by atoms with Crippen LogP contribution >= 0.6 is 0 Å². The van der Waals surface area contributed by atoms with Crippen LogP contribution in [-0.4, -0.2) is 11.1 Å². The molecule has 116 valence electrons. The zero-order valence-corrected chi connectivity index (χ0v) is 11.2. The molecule has 3 N–H and O–H groups in total. The highest BCUT2D eigenvalue weighted by Crippen LogP contribution is 2.35. The summed E-state index contributed by atoms with van der Waals surface area (Å²) in [4.78, 5) is 10.6. The van der Waals surface area contributed by atoms with E-state index in [4.69, 9.17) is 15.6 Å². The molecule has 0 bridgehead atoms. The van der Waals surface area contributed by atoms with Gasteiger partial charge in [-0.25, -0.2) is 0 Å². The quantitative estimate of drug-likeness (QED) is 0.844. The van der Waals surface area contributed by atoms with Crippen molar-refractivity contribution in [3.63, 3.8) is 0 Å². The third-order valence-corrected chi connectivity index (χ3v) is 2.84. The van der Waals surface area contributed by atoms with Crippen LogP contribution in [0, 0.1) is 0 Å². The van der Waals surface area contributed by atoms with E-state index < -0.39 is 17.7 Å². The molecule has 4 nitrogen and oxygen atoms in total. The Hall–Kier alpha value is -2.70. The highest BCUT2D eigenvalue weighted by Gasteiger charge is 2.30. The number of rotatable bonds is 4. The molecule has 0 spiro atoms. The third-order valence-electron chi connectivity index (χ3n) is 2.84. The van der Waals surface area contributed by atoms with Gasteiger partial charge in [0.1, 0.15) is 11.5 Å². The van der Waals surface area contributed by atoms with E-state index in [1.807, 2.05) is 0 Å². The van der Waals surface area contributed by atoms with Gasteiger partial charge in [-0.05, 0) is 35.9 Å². The van der Waals surface area contributed by atoms with Gasteiger partial charge in [-0.2, -0.15) is 13.2 Å². The van der Waals surface area contributed by atoms with Crippen molar-refractivity contribution in [2.45, 2.75) is 12.6 Å². The van der Waals surface area contributed by atoms with Crippen LogP contribution in [0.4, 0.5) is 18.9 Å². The van der Waals surface area contributed by atoms with Crippen molar-refractivity contribution in [2.75, 3.05) is 5.73 Å². The Morgan fingerprint density at radius 1 is 1.14 bits per heavy atom. The summed E-state index contributed by atoms with van der Waals surface area (Å²) >= 11 is 0. The molecular weight excluding hydrogens is 299 g/mol. The summed E-state index contributed by atoms with van der Waals surface area (Å²) in [5, 5.41) is 8.66. The number of halogens is 3. The molecule has 2 aromatic rings. The molecule has 0 aliphatic heterocycles. The van der Waals surface area contributed by atoms with Crippen LogP contribution in [0.25, 0.3) is 0 Å². The third kappa shape index (κ3) is 3.91. The predicted octanol–water partition coefficient (Wildman–Crippen LogP) is 3.71. The molecule has 0 heterocycles. The minimum absolute atomic E-state index is 0.0963. The van der Waals surface area contributed by atoms with Crippen LogP contribution in [-0.2, 0) is 17.4 Å². The number of hydrogen-bond acceptors (Lipinski definition) is 3. The van der Waals surface area contributed by atoms with Crippen molar-refractivity contribution in [1.29, 1.82) is 0 Å². The first-order valence-electron chi connectivity index (χ1n) is 6.21. The van der Waals surface area contributed by atoms with E-state index in [2.05, 4.69) is 0 Å². The van der Waals surface area contributed by atoms with Gasteiger partial charge in [0.15, 0.2) is 0 Å². The van der Waals surface area contributed by atoms with Gasteiger partial charge >= 0.3 is 12.1 Å². The monoisotopic (exact) mass is 311 g/mol. The lowest BCUT2D eigenvalue weighted by atomic mass is 10.1. The van der Waals surface area contributed by atoms with E-state index in [0.717, 1.165) is 18.2 Å². The Bertz CT molecular complexity index is 681. The smallest absolute Gasteiger partial charge is 0.416 e. The van der Waals surface area contributed by atoms with Crippen molar-refractivity contribution in [1.82, 2.24) is 0 Å². The average Bonchev–Trinajstić information content (AvgIpc) is 2.41. The van der Waals surface area contributed by atoms with Gasteiger partial charge in [0.05, 0.1) is 17.7 Å². The summed E-state index contributed by atoms with van der Waals surface area (Å²) in [5.74, 6) is -0.514. The minimum atomic E-state index is -4.47. The Balaban J connectivity index is 2.15. The maximum Gasteiger partial charge on any atom is 0.416 e. The molecule has 22 heavy (non-hydrogen) atoms. The minimum Gasteiger partial charge on any atom is -0.481 e. The van der Waals surface area contributed by atoms with E-state index >= 15 is 0 Å². The number of ether oxygens (including phenoxy) is 1. The first-order valence-corrected chi connectivity index (χ1v) is 6.21. The fourth-order valence-electron chi connectivity index (χ4n) is 1.79. The maximum absolute atomic E-state index is 12.5. The van der Waals surface area contributed by atoms with E-state index in [-0.39, 0.29) is 17.9 Å². The number of aliphatic carboxylic acids is 1. The Morgan fingerprint density at radius 3 is 2.27 bits per heavy atom. The number of hydrogen-bond donors (Lipinski definition) is 2. The SMILES string of the molecule is Nc1cc(C(F)(F)F)ccc1Oc1ccc(CC(=O)O)cc1. The van der Waals surface area contributed by atoms with Gasteiger partial charge in [-0.15, -0.1) is 0 Å². The van der Waals surface area contributed by atoms with Crippen molar-refractivity contribution < 1.29 is 27.8 Å². The van der Waals surface area contributed by atoms with Crippen LogP contribution < -0.4 is 10.5 Å². The van der Waals surface area contributed by atoms with Gasteiger partial charge in [0, 0.05) is 0 Å². The van der Waals surface area contributed by atoms with E-state index in [0.29, 0.717) is 11.3 Å². The molecule has 0 radical (unpaired) electrons. The summed E-state index contributed by atoms with van der Waals surface area (Å²) in [5.41, 5.74) is 5.16. The topological polar surface area (TPSA) is 72.5 Å². The fraction of sp³-hybridized carbons (Fsp3) is 0.133. The van der Waals surface area contributed by atoms with Gasteiger partial charge in [-0.3, -0.25) is 4.79 Å². The number of alkyl halides is 3. The van der Waals surface area contributed by atoms with E-state index in [9.17, 15) is 18.0 Å². The average molecular weight is 311 g/mol. The molecule has 0 unspecified atom stereocenters. The van der Waals surface area contributed by atoms with Crippen LogP contribution in [0.3, 0.4) is 0 Å². The number of nitrogens with two attached hydrogens (primary N) is 1. The summed E-state index contributed by atoms with van der Waals surface area (Å²) in [6, 6.07) is 8.99. The molecule has 0 aromatic heterocycles. The van der Waals surface area contributed by atoms with Crippen LogP contribution in [0.1, 0.15) is 11.1 Å². The highest BCUT2D eigenvalue weighted by molar-refractivity contribution is 5.70.